The van der Waals surface area contributed by atoms with Gasteiger partial charge in [-0.3, -0.25) is 4.79 Å². The van der Waals surface area contributed by atoms with Crippen molar-refractivity contribution in [3.05, 3.63) is 62.6 Å². The van der Waals surface area contributed by atoms with Gasteiger partial charge in [-0.25, -0.2) is 9.78 Å². The van der Waals surface area contributed by atoms with E-state index in [1.54, 1.807) is 44.3 Å². The van der Waals surface area contributed by atoms with E-state index in [1.807, 2.05) is 39.8 Å². The second-order valence-corrected chi connectivity index (χ2v) is 9.78. The summed E-state index contributed by atoms with van der Waals surface area (Å²) in [7, 11) is 0. The standard InChI is InChI=1S/C26H30BrN3O5/c1-7-33-22-13-17(9-12-21(22)35-16(3)24(32)34-8-2)15-28-30-23(31)19-14-18(27)10-11-20(19)29-25(30)26(4,5)6/h9-16H,7-8H2,1-6H3/t16-/m1/s1. The molecule has 0 spiro atoms. The normalized spacial score (nSPS) is 12.7. The molecule has 0 N–H and O–H groups in total. The molecule has 3 rings (SSSR count). The number of hydrogen-bond donors (Lipinski definition) is 0. The predicted molar refractivity (Wildman–Crippen MR) is 140 cm³/mol. The Morgan fingerprint density at radius 2 is 1.89 bits per heavy atom. The van der Waals surface area contributed by atoms with Gasteiger partial charge in [0.15, 0.2) is 17.6 Å². The van der Waals surface area contributed by atoms with E-state index in [1.165, 1.54) is 4.68 Å². The van der Waals surface area contributed by atoms with Crippen LogP contribution in [0.15, 0.2) is 50.8 Å². The fourth-order valence-corrected chi connectivity index (χ4v) is 3.70. The Kier molecular flexibility index (Phi) is 8.32. The number of carbonyl (C=O) groups excluding carboxylic acids is 1. The molecule has 1 atom stereocenters. The molecular weight excluding hydrogens is 514 g/mol. The molecule has 0 radical (unpaired) electrons. The minimum Gasteiger partial charge on any atom is -0.490 e. The van der Waals surface area contributed by atoms with Crippen LogP contribution in [0.25, 0.3) is 10.9 Å². The summed E-state index contributed by atoms with van der Waals surface area (Å²) < 4.78 is 18.6. The lowest BCUT2D eigenvalue weighted by Gasteiger charge is -2.21. The molecule has 0 amide bonds. The van der Waals surface area contributed by atoms with Crippen LogP contribution in [0.5, 0.6) is 11.5 Å². The second kappa shape index (κ2) is 11.0. The van der Waals surface area contributed by atoms with Gasteiger partial charge in [0.05, 0.1) is 30.3 Å². The molecule has 0 bridgehead atoms. The molecule has 0 aliphatic carbocycles. The maximum absolute atomic E-state index is 13.3. The quantitative estimate of drug-likeness (QED) is 0.291. The molecule has 1 heterocycles. The molecule has 0 aliphatic rings. The zero-order valence-electron chi connectivity index (χ0n) is 20.8. The number of hydrogen-bond acceptors (Lipinski definition) is 7. The molecule has 0 aliphatic heterocycles. The smallest absolute Gasteiger partial charge is 0.347 e. The highest BCUT2D eigenvalue weighted by molar-refractivity contribution is 9.10. The van der Waals surface area contributed by atoms with Crippen LogP contribution < -0.4 is 15.0 Å². The molecule has 186 valence electrons. The van der Waals surface area contributed by atoms with Gasteiger partial charge in [0.2, 0.25) is 0 Å². The summed E-state index contributed by atoms with van der Waals surface area (Å²) in [6.07, 6.45) is 0.785. The lowest BCUT2D eigenvalue weighted by molar-refractivity contribution is -0.150. The summed E-state index contributed by atoms with van der Waals surface area (Å²) in [6, 6.07) is 10.6. The number of ether oxygens (including phenoxy) is 3. The van der Waals surface area contributed by atoms with Crippen LogP contribution in [0, 0.1) is 0 Å². The minimum atomic E-state index is -0.787. The first-order valence-electron chi connectivity index (χ1n) is 11.4. The van der Waals surface area contributed by atoms with Gasteiger partial charge in [0.1, 0.15) is 5.82 Å². The SMILES string of the molecule is CCOC(=O)[C@@H](C)Oc1ccc(C=Nn2c(C(C)(C)C)nc3ccc(Br)cc3c2=O)cc1OCC. The highest BCUT2D eigenvalue weighted by atomic mass is 79.9. The lowest BCUT2D eigenvalue weighted by atomic mass is 9.95. The van der Waals surface area contributed by atoms with Crippen molar-refractivity contribution < 1.29 is 19.0 Å². The number of carbonyl (C=O) groups is 1. The monoisotopic (exact) mass is 543 g/mol. The first-order valence-corrected chi connectivity index (χ1v) is 12.2. The molecule has 3 aromatic rings. The van der Waals surface area contributed by atoms with Crippen LogP contribution in [-0.2, 0) is 14.9 Å². The van der Waals surface area contributed by atoms with Crippen molar-refractivity contribution in [3.8, 4) is 11.5 Å². The van der Waals surface area contributed by atoms with Gasteiger partial charge in [-0.1, -0.05) is 36.7 Å². The molecule has 0 unspecified atom stereocenters. The third kappa shape index (κ3) is 6.28. The molecule has 9 heteroatoms. The van der Waals surface area contributed by atoms with Crippen molar-refractivity contribution in [2.45, 2.75) is 53.1 Å². The van der Waals surface area contributed by atoms with Gasteiger partial charge in [-0.05, 0) is 62.7 Å². The highest BCUT2D eigenvalue weighted by Gasteiger charge is 2.23. The summed E-state index contributed by atoms with van der Waals surface area (Å²) in [4.78, 5) is 30.0. The van der Waals surface area contributed by atoms with E-state index >= 15 is 0 Å². The van der Waals surface area contributed by atoms with Gasteiger partial charge in [-0.15, -0.1) is 0 Å². The molecule has 0 fully saturated rings. The molecule has 0 saturated carbocycles. The Bertz CT molecular complexity index is 1310. The maximum Gasteiger partial charge on any atom is 0.347 e. The maximum atomic E-state index is 13.3. The molecular formula is C26H30BrN3O5. The summed E-state index contributed by atoms with van der Waals surface area (Å²) >= 11 is 3.42. The number of aromatic nitrogens is 2. The second-order valence-electron chi connectivity index (χ2n) is 8.86. The van der Waals surface area contributed by atoms with E-state index in [4.69, 9.17) is 19.2 Å². The average Bonchev–Trinajstić information content (AvgIpc) is 2.79. The molecule has 8 nitrogen and oxygen atoms in total. The molecule has 1 aromatic heterocycles. The summed E-state index contributed by atoms with van der Waals surface area (Å²) in [5, 5.41) is 4.97. The summed E-state index contributed by atoms with van der Waals surface area (Å²) in [6.45, 7) is 11.8. The molecule has 35 heavy (non-hydrogen) atoms. The largest absolute Gasteiger partial charge is 0.490 e. The van der Waals surface area contributed by atoms with Crippen molar-refractivity contribution in [2.75, 3.05) is 13.2 Å². The topological polar surface area (TPSA) is 92.0 Å². The van der Waals surface area contributed by atoms with Gasteiger partial charge in [-0.2, -0.15) is 9.78 Å². The average molecular weight is 544 g/mol. The number of benzene rings is 2. The Hall–Kier alpha value is -3.20. The lowest BCUT2D eigenvalue weighted by Crippen LogP contribution is -2.29. The highest BCUT2D eigenvalue weighted by Crippen LogP contribution is 2.29. The summed E-state index contributed by atoms with van der Waals surface area (Å²) in [5.74, 6) is 0.956. The van der Waals surface area contributed by atoms with Crippen LogP contribution in [0.2, 0.25) is 0 Å². The number of halogens is 1. The molecule has 0 saturated heterocycles. The van der Waals surface area contributed by atoms with E-state index in [0.29, 0.717) is 40.4 Å². The zero-order chi connectivity index (χ0) is 25.8. The Balaban J connectivity index is 2.02. The Morgan fingerprint density at radius 1 is 1.14 bits per heavy atom. The van der Waals surface area contributed by atoms with Gasteiger partial charge >= 0.3 is 5.97 Å². The van der Waals surface area contributed by atoms with Crippen molar-refractivity contribution in [3.63, 3.8) is 0 Å². The van der Waals surface area contributed by atoms with Gasteiger partial charge < -0.3 is 14.2 Å². The van der Waals surface area contributed by atoms with E-state index < -0.39 is 17.5 Å². The van der Waals surface area contributed by atoms with Crippen LogP contribution >= 0.6 is 15.9 Å². The zero-order valence-corrected chi connectivity index (χ0v) is 22.4. The third-order valence-electron chi connectivity index (χ3n) is 4.99. The fourth-order valence-electron chi connectivity index (χ4n) is 3.33. The van der Waals surface area contributed by atoms with Crippen molar-refractivity contribution in [1.29, 1.82) is 0 Å². The van der Waals surface area contributed by atoms with Crippen LogP contribution in [0.3, 0.4) is 0 Å². The first-order chi connectivity index (χ1) is 16.5. The third-order valence-corrected chi connectivity index (χ3v) is 5.48. The van der Waals surface area contributed by atoms with Crippen molar-refractivity contribution >= 4 is 39.0 Å². The number of esters is 1. The number of nitrogens with zero attached hydrogens (tertiary/aromatic N) is 3. The fraction of sp³-hybridized carbons (Fsp3) is 0.385. The van der Waals surface area contributed by atoms with Crippen LogP contribution in [0.1, 0.15) is 52.9 Å². The van der Waals surface area contributed by atoms with E-state index in [2.05, 4.69) is 21.0 Å². The number of rotatable bonds is 8. The summed E-state index contributed by atoms with van der Waals surface area (Å²) in [5.41, 5.74) is 0.622. The van der Waals surface area contributed by atoms with E-state index in [9.17, 15) is 9.59 Å². The molecule has 2 aromatic carbocycles. The predicted octanol–water partition coefficient (Wildman–Crippen LogP) is 5.07. The Labute approximate surface area is 213 Å². The number of fused-ring (bicyclic) bond motifs is 1. The first kappa shape index (κ1) is 26.4. The Morgan fingerprint density at radius 3 is 2.54 bits per heavy atom. The van der Waals surface area contributed by atoms with E-state index in [0.717, 1.165) is 4.47 Å². The van der Waals surface area contributed by atoms with Crippen LogP contribution in [0.4, 0.5) is 0 Å². The van der Waals surface area contributed by atoms with Crippen molar-refractivity contribution in [2.24, 2.45) is 5.10 Å². The van der Waals surface area contributed by atoms with E-state index in [-0.39, 0.29) is 12.2 Å². The van der Waals surface area contributed by atoms with Crippen molar-refractivity contribution in [1.82, 2.24) is 9.66 Å². The van der Waals surface area contributed by atoms with Crippen LogP contribution in [-0.4, -0.2) is 41.2 Å². The minimum absolute atomic E-state index is 0.259. The van der Waals surface area contributed by atoms with Gasteiger partial charge in [0, 0.05) is 9.89 Å². The van der Waals surface area contributed by atoms with Gasteiger partial charge in [0.25, 0.3) is 5.56 Å².